The molecule has 7 nitrogen and oxygen atoms in total. The number of methoxy groups -OCH3 is 1. The summed E-state index contributed by atoms with van der Waals surface area (Å²) in [6, 6.07) is 44.3. The molecular formula is C40H33N3O4. The molecule has 7 heteroatoms. The van der Waals surface area contributed by atoms with E-state index in [1.165, 1.54) is 12.0 Å². The van der Waals surface area contributed by atoms with Crippen molar-refractivity contribution in [3.8, 4) is 11.1 Å². The van der Waals surface area contributed by atoms with Gasteiger partial charge in [0.1, 0.15) is 11.6 Å². The molecule has 0 saturated carbocycles. The highest BCUT2D eigenvalue weighted by atomic mass is 16.5. The standard InChI is InChI=1S/C40H33N3O4/c1-47-39(46)43(37-34-23-13-11-21-32(34)33-22-12-14-24-35(33)37)36(38(44)45)25-31-26-42(27-41-31)40(28-15-5-2-6-16-28,29-17-7-3-8-18-29)30-19-9-4-10-20-30/h2-24,26-27,36-37H,25H2,1H3,(H,44,45)/t36-/m0/s1. The minimum Gasteiger partial charge on any atom is -0.480 e. The number of hydrogen-bond donors (Lipinski definition) is 1. The third-order valence-electron chi connectivity index (χ3n) is 9.09. The number of aliphatic carboxylic acids is 1. The van der Waals surface area contributed by atoms with Crippen LogP contribution in [-0.2, 0) is 21.5 Å². The van der Waals surface area contributed by atoms with Crippen LogP contribution in [0.25, 0.3) is 11.1 Å². The summed E-state index contributed by atoms with van der Waals surface area (Å²) >= 11 is 0. The molecule has 1 N–H and O–H groups in total. The highest BCUT2D eigenvalue weighted by Crippen LogP contribution is 2.47. The first-order valence-corrected chi connectivity index (χ1v) is 15.5. The van der Waals surface area contributed by atoms with Crippen LogP contribution in [0.1, 0.15) is 39.6 Å². The first-order valence-electron chi connectivity index (χ1n) is 15.5. The van der Waals surface area contributed by atoms with Gasteiger partial charge in [-0.1, -0.05) is 140 Å². The lowest BCUT2D eigenvalue weighted by Gasteiger charge is -2.37. The van der Waals surface area contributed by atoms with E-state index in [0.717, 1.165) is 38.9 Å². The molecule has 0 bridgehead atoms. The van der Waals surface area contributed by atoms with E-state index in [4.69, 9.17) is 9.72 Å². The number of aromatic nitrogens is 2. The van der Waals surface area contributed by atoms with Gasteiger partial charge < -0.3 is 14.4 Å². The molecule has 7 rings (SSSR count). The van der Waals surface area contributed by atoms with Crippen molar-refractivity contribution >= 4 is 12.1 Å². The van der Waals surface area contributed by atoms with Crippen molar-refractivity contribution < 1.29 is 19.4 Å². The van der Waals surface area contributed by atoms with E-state index in [-0.39, 0.29) is 6.42 Å². The molecule has 1 aliphatic rings. The van der Waals surface area contributed by atoms with Gasteiger partial charge >= 0.3 is 12.1 Å². The summed E-state index contributed by atoms with van der Waals surface area (Å²) in [5.41, 5.74) is 6.42. The molecule has 47 heavy (non-hydrogen) atoms. The van der Waals surface area contributed by atoms with Crippen molar-refractivity contribution in [3.05, 3.63) is 186 Å². The number of benzene rings is 5. The molecule has 1 heterocycles. The number of amides is 1. The second-order valence-corrected chi connectivity index (χ2v) is 11.6. The van der Waals surface area contributed by atoms with Gasteiger partial charge in [-0.15, -0.1) is 0 Å². The second kappa shape index (κ2) is 12.4. The maximum atomic E-state index is 13.6. The Hall–Kier alpha value is -5.95. The Morgan fingerprint density at radius 2 is 1.19 bits per heavy atom. The summed E-state index contributed by atoms with van der Waals surface area (Å²) < 4.78 is 7.30. The number of carbonyl (C=O) groups is 2. The molecule has 232 valence electrons. The first-order chi connectivity index (χ1) is 23.0. The van der Waals surface area contributed by atoms with Crippen molar-refractivity contribution in [2.75, 3.05) is 7.11 Å². The summed E-state index contributed by atoms with van der Waals surface area (Å²) in [5.74, 6) is -1.15. The normalized spacial score (nSPS) is 13.0. The molecule has 0 spiro atoms. The number of rotatable bonds is 9. The minimum absolute atomic E-state index is 0.0350. The fraction of sp³-hybridized carbons (Fsp3) is 0.125. The second-order valence-electron chi connectivity index (χ2n) is 11.6. The number of carboxylic acids is 1. The van der Waals surface area contributed by atoms with Crippen LogP contribution in [0.3, 0.4) is 0 Å². The molecule has 1 atom stereocenters. The zero-order valence-electron chi connectivity index (χ0n) is 25.8. The molecule has 0 saturated heterocycles. The number of carbonyl (C=O) groups excluding carboxylic acids is 1. The molecular weight excluding hydrogens is 586 g/mol. The third-order valence-corrected chi connectivity index (χ3v) is 9.09. The molecule has 0 unspecified atom stereocenters. The van der Waals surface area contributed by atoms with E-state index in [1.54, 1.807) is 6.33 Å². The number of nitrogens with zero attached hydrogens (tertiary/aromatic N) is 3. The van der Waals surface area contributed by atoms with Crippen LogP contribution in [0.15, 0.2) is 152 Å². The lowest BCUT2D eigenvalue weighted by atomic mass is 9.77. The number of hydrogen-bond acceptors (Lipinski definition) is 4. The van der Waals surface area contributed by atoms with Gasteiger partial charge in [0, 0.05) is 12.6 Å². The zero-order valence-corrected chi connectivity index (χ0v) is 25.8. The van der Waals surface area contributed by atoms with Gasteiger partial charge in [-0.05, 0) is 38.9 Å². The maximum Gasteiger partial charge on any atom is 0.411 e. The van der Waals surface area contributed by atoms with Crippen molar-refractivity contribution in [2.45, 2.75) is 24.0 Å². The van der Waals surface area contributed by atoms with Gasteiger partial charge in [-0.2, -0.15) is 0 Å². The molecule has 0 radical (unpaired) electrons. The lowest BCUT2D eigenvalue weighted by Crippen LogP contribution is -2.48. The number of carboxylic acid groups (broad SMARTS) is 1. The average molecular weight is 620 g/mol. The van der Waals surface area contributed by atoms with E-state index in [0.29, 0.717) is 5.69 Å². The van der Waals surface area contributed by atoms with Crippen LogP contribution in [-0.4, -0.2) is 44.8 Å². The highest BCUT2D eigenvalue weighted by molar-refractivity contribution is 5.85. The number of ether oxygens (including phenoxy) is 1. The third kappa shape index (κ3) is 5.06. The average Bonchev–Trinajstić information content (AvgIpc) is 3.73. The molecule has 1 aliphatic carbocycles. The quantitative estimate of drug-likeness (QED) is 0.169. The molecule has 5 aromatic carbocycles. The zero-order chi connectivity index (χ0) is 32.4. The molecule has 0 aliphatic heterocycles. The largest absolute Gasteiger partial charge is 0.480 e. The van der Waals surface area contributed by atoms with Crippen LogP contribution in [0, 0.1) is 0 Å². The van der Waals surface area contributed by atoms with Gasteiger partial charge in [-0.25, -0.2) is 14.6 Å². The lowest BCUT2D eigenvalue weighted by molar-refractivity contribution is -0.143. The predicted octanol–water partition coefficient (Wildman–Crippen LogP) is 7.56. The van der Waals surface area contributed by atoms with E-state index in [9.17, 15) is 14.7 Å². The SMILES string of the molecule is COC(=O)N(C1c2ccccc2-c2ccccc21)[C@@H](Cc1cn(C(c2ccccc2)(c2ccccc2)c2ccccc2)cn1)C(=O)O. The highest BCUT2D eigenvalue weighted by Gasteiger charge is 2.43. The van der Waals surface area contributed by atoms with Crippen LogP contribution in [0.2, 0.25) is 0 Å². The van der Waals surface area contributed by atoms with Crippen molar-refractivity contribution in [3.63, 3.8) is 0 Å². The van der Waals surface area contributed by atoms with Crippen LogP contribution in [0.4, 0.5) is 4.79 Å². The Morgan fingerprint density at radius 1 is 0.745 bits per heavy atom. The van der Waals surface area contributed by atoms with E-state index < -0.39 is 29.7 Å². The number of imidazole rings is 1. The Kier molecular flexibility index (Phi) is 7.88. The molecule has 1 aromatic heterocycles. The van der Waals surface area contributed by atoms with E-state index >= 15 is 0 Å². The monoisotopic (exact) mass is 619 g/mol. The van der Waals surface area contributed by atoms with Gasteiger partial charge in [-0.3, -0.25) is 4.90 Å². The first kappa shape index (κ1) is 29.7. The predicted molar refractivity (Wildman–Crippen MR) is 180 cm³/mol. The maximum absolute atomic E-state index is 13.6. The van der Waals surface area contributed by atoms with Crippen LogP contribution in [0.5, 0.6) is 0 Å². The Labute approximate surface area is 273 Å². The summed E-state index contributed by atoms with van der Waals surface area (Å²) in [6.07, 6.45) is 2.89. The summed E-state index contributed by atoms with van der Waals surface area (Å²) in [6.45, 7) is 0. The molecule has 6 aromatic rings. The van der Waals surface area contributed by atoms with E-state index in [2.05, 4.69) is 36.4 Å². The van der Waals surface area contributed by atoms with Gasteiger partial charge in [0.05, 0.1) is 25.2 Å². The van der Waals surface area contributed by atoms with Crippen molar-refractivity contribution in [1.82, 2.24) is 14.5 Å². The molecule has 1 amide bonds. The Morgan fingerprint density at radius 3 is 1.64 bits per heavy atom. The fourth-order valence-electron chi connectivity index (χ4n) is 7.09. The van der Waals surface area contributed by atoms with E-state index in [1.807, 2.05) is 114 Å². The fourth-order valence-corrected chi connectivity index (χ4v) is 7.09. The summed E-state index contributed by atoms with van der Waals surface area (Å²) in [5, 5.41) is 10.7. The number of fused-ring (bicyclic) bond motifs is 3. The van der Waals surface area contributed by atoms with Crippen LogP contribution < -0.4 is 0 Å². The Balaban J connectivity index is 1.35. The smallest absolute Gasteiger partial charge is 0.411 e. The van der Waals surface area contributed by atoms with Crippen molar-refractivity contribution in [2.24, 2.45) is 0 Å². The molecule has 0 fully saturated rings. The van der Waals surface area contributed by atoms with Crippen LogP contribution >= 0.6 is 0 Å². The Bertz CT molecular complexity index is 1880. The topological polar surface area (TPSA) is 84.7 Å². The van der Waals surface area contributed by atoms with Gasteiger partial charge in [0.25, 0.3) is 0 Å². The summed E-state index contributed by atoms with van der Waals surface area (Å²) in [4.78, 5) is 32.9. The van der Waals surface area contributed by atoms with Crippen molar-refractivity contribution in [1.29, 1.82) is 0 Å². The minimum atomic E-state index is -1.27. The van der Waals surface area contributed by atoms with Gasteiger partial charge in [0.15, 0.2) is 0 Å². The summed E-state index contributed by atoms with van der Waals surface area (Å²) in [7, 11) is 1.28. The van der Waals surface area contributed by atoms with Gasteiger partial charge in [0.2, 0.25) is 0 Å².